The first-order valence-electron chi connectivity index (χ1n) is 11.3. The first-order chi connectivity index (χ1) is 16.8. The summed E-state index contributed by atoms with van der Waals surface area (Å²) in [6.07, 6.45) is 4.33. The Morgan fingerprint density at radius 2 is 1.97 bits per heavy atom. The van der Waals surface area contributed by atoms with Crippen LogP contribution in [0.2, 0.25) is 10.0 Å². The van der Waals surface area contributed by atoms with Gasteiger partial charge in [0.25, 0.3) is 0 Å². The van der Waals surface area contributed by atoms with E-state index in [1.54, 1.807) is 30.3 Å². The van der Waals surface area contributed by atoms with Crippen LogP contribution in [0.5, 0.6) is 0 Å². The van der Waals surface area contributed by atoms with Crippen molar-refractivity contribution in [2.45, 2.75) is 45.1 Å². The van der Waals surface area contributed by atoms with Crippen LogP contribution in [0.3, 0.4) is 0 Å². The molecule has 2 unspecified atom stereocenters. The number of anilines is 3. The molecular formula is C25H24Cl2N6O2. The lowest BCUT2D eigenvalue weighted by molar-refractivity contribution is -0.383. The van der Waals surface area contributed by atoms with E-state index in [9.17, 15) is 15.4 Å². The predicted molar refractivity (Wildman–Crippen MR) is 138 cm³/mol. The molecule has 2 atom stereocenters. The van der Waals surface area contributed by atoms with E-state index in [-0.39, 0.29) is 17.5 Å². The Hall–Kier alpha value is -3.41. The molecule has 3 aromatic rings. The number of halogens is 2. The largest absolute Gasteiger partial charge is 0.353 e. The summed E-state index contributed by atoms with van der Waals surface area (Å²) < 4.78 is 0. The first-order valence-corrected chi connectivity index (χ1v) is 12.0. The molecule has 0 radical (unpaired) electrons. The number of nitriles is 1. The van der Waals surface area contributed by atoms with Gasteiger partial charge in [0.2, 0.25) is 11.6 Å². The molecule has 1 aromatic heterocycles. The average molecular weight is 511 g/mol. The number of hydrogen-bond acceptors (Lipinski definition) is 7. The molecule has 1 aliphatic rings. The summed E-state index contributed by atoms with van der Waals surface area (Å²) in [6, 6.07) is 13.0. The van der Waals surface area contributed by atoms with Gasteiger partial charge in [0.15, 0.2) is 0 Å². The zero-order chi connectivity index (χ0) is 25.1. The van der Waals surface area contributed by atoms with Crippen molar-refractivity contribution in [1.29, 1.82) is 5.26 Å². The zero-order valence-corrected chi connectivity index (χ0v) is 20.8. The van der Waals surface area contributed by atoms with Gasteiger partial charge in [0.1, 0.15) is 6.33 Å². The highest BCUT2D eigenvalue weighted by molar-refractivity contribution is 6.32. The fourth-order valence-corrected chi connectivity index (χ4v) is 4.82. The second-order valence-corrected chi connectivity index (χ2v) is 9.46. The lowest BCUT2D eigenvalue weighted by Gasteiger charge is -2.33. The Bertz CT molecular complexity index is 1290. The molecule has 180 valence electrons. The number of nitrogens with zero attached hydrogens (tertiary/aromatic N) is 5. The predicted octanol–water partition coefficient (Wildman–Crippen LogP) is 6.78. The van der Waals surface area contributed by atoms with Gasteiger partial charge in [-0.3, -0.25) is 10.1 Å². The summed E-state index contributed by atoms with van der Waals surface area (Å²) in [5, 5.41) is 26.0. The topological polar surface area (TPSA) is 108 Å². The van der Waals surface area contributed by atoms with Gasteiger partial charge in [-0.15, -0.1) is 0 Å². The van der Waals surface area contributed by atoms with Crippen LogP contribution in [0.15, 0.2) is 42.7 Å². The fraction of sp³-hybridized carbons (Fsp3) is 0.320. The number of aryl methyl sites for hydroxylation is 1. The molecule has 1 aliphatic heterocycles. The Labute approximate surface area is 213 Å². The molecule has 1 N–H and O–H groups in total. The van der Waals surface area contributed by atoms with Crippen molar-refractivity contribution in [3.63, 3.8) is 0 Å². The van der Waals surface area contributed by atoms with E-state index in [2.05, 4.69) is 21.4 Å². The van der Waals surface area contributed by atoms with Crippen molar-refractivity contribution >= 4 is 46.2 Å². The summed E-state index contributed by atoms with van der Waals surface area (Å²) in [7, 11) is 0. The molecule has 0 amide bonds. The monoisotopic (exact) mass is 510 g/mol. The van der Waals surface area contributed by atoms with Gasteiger partial charge in [0.05, 0.1) is 16.9 Å². The van der Waals surface area contributed by atoms with Gasteiger partial charge in [-0.1, -0.05) is 41.4 Å². The van der Waals surface area contributed by atoms with Gasteiger partial charge < -0.3 is 10.2 Å². The minimum atomic E-state index is -0.590. The van der Waals surface area contributed by atoms with Crippen LogP contribution in [0.1, 0.15) is 48.8 Å². The third-order valence-corrected chi connectivity index (χ3v) is 6.88. The average Bonchev–Trinajstić information content (AvgIpc) is 2.83. The minimum Gasteiger partial charge on any atom is -0.348 e. The van der Waals surface area contributed by atoms with Crippen LogP contribution in [0, 0.1) is 28.4 Å². The summed E-state index contributed by atoms with van der Waals surface area (Å²) in [5.74, 6) is -0.181. The van der Waals surface area contributed by atoms with E-state index >= 15 is 0 Å². The lowest BCUT2D eigenvalue weighted by atomic mass is 9.91. The highest BCUT2D eigenvalue weighted by Crippen LogP contribution is 2.39. The molecular weight excluding hydrogens is 487 g/mol. The normalized spacial score (nSPS) is 16.4. The molecule has 0 saturated carbocycles. The van der Waals surface area contributed by atoms with E-state index in [4.69, 9.17) is 23.2 Å². The molecule has 0 spiro atoms. The van der Waals surface area contributed by atoms with Crippen LogP contribution >= 0.6 is 23.2 Å². The quantitative estimate of drug-likeness (QED) is 0.287. The molecule has 1 fully saturated rings. The molecule has 0 aliphatic carbocycles. The van der Waals surface area contributed by atoms with Gasteiger partial charge in [-0.25, -0.2) is 9.97 Å². The maximum atomic E-state index is 12.1. The minimum absolute atomic E-state index is 0.0965. The van der Waals surface area contributed by atoms with Crippen LogP contribution < -0.4 is 10.2 Å². The number of nitrogens with one attached hydrogen (secondary N) is 1. The second kappa shape index (κ2) is 10.5. The van der Waals surface area contributed by atoms with Crippen LogP contribution in [0.25, 0.3) is 0 Å². The van der Waals surface area contributed by atoms with Gasteiger partial charge in [0, 0.05) is 28.3 Å². The lowest BCUT2D eigenvalue weighted by Crippen LogP contribution is -2.38. The van der Waals surface area contributed by atoms with E-state index in [1.165, 1.54) is 6.33 Å². The molecule has 35 heavy (non-hydrogen) atoms. The molecule has 10 heteroatoms. The van der Waals surface area contributed by atoms with Crippen molar-refractivity contribution in [2.24, 2.45) is 0 Å². The van der Waals surface area contributed by atoms with E-state index in [0.717, 1.165) is 30.4 Å². The Morgan fingerprint density at radius 1 is 1.23 bits per heavy atom. The fourth-order valence-electron chi connectivity index (χ4n) is 4.42. The maximum Gasteiger partial charge on any atom is 0.353 e. The Balaban J connectivity index is 1.70. The van der Waals surface area contributed by atoms with E-state index in [0.29, 0.717) is 33.7 Å². The summed E-state index contributed by atoms with van der Waals surface area (Å²) >= 11 is 12.6. The summed E-state index contributed by atoms with van der Waals surface area (Å²) in [5.41, 5.74) is 2.56. The molecule has 2 aromatic carbocycles. The number of aromatic nitrogens is 2. The Kier molecular flexibility index (Phi) is 7.39. The van der Waals surface area contributed by atoms with Crippen LogP contribution in [-0.2, 0) is 0 Å². The number of hydrogen-bond donors (Lipinski definition) is 1. The van der Waals surface area contributed by atoms with Crippen LogP contribution in [-0.4, -0.2) is 27.5 Å². The number of rotatable bonds is 6. The molecule has 0 bridgehead atoms. The molecule has 1 saturated heterocycles. The van der Waals surface area contributed by atoms with Crippen molar-refractivity contribution < 1.29 is 4.92 Å². The van der Waals surface area contributed by atoms with Crippen molar-refractivity contribution in [3.05, 3.63) is 79.6 Å². The van der Waals surface area contributed by atoms with Crippen molar-refractivity contribution in [2.75, 3.05) is 16.8 Å². The van der Waals surface area contributed by atoms with Crippen molar-refractivity contribution in [1.82, 2.24) is 9.97 Å². The second-order valence-electron chi connectivity index (χ2n) is 8.62. The standard InChI is InChI=1S/C25H24Cl2N6O2/c1-15-11-19(20(13-28)17-6-8-18(26)9-7-17)21(27)12-22(15)31-24-23(33(34)35)25(30-14-29-24)32-10-4-3-5-16(32)2/h6-9,11-12,14,16,20H,3-5,10H2,1-2H3,(H,29,30,31). The third kappa shape index (κ3) is 5.16. The summed E-state index contributed by atoms with van der Waals surface area (Å²) in [6.45, 7) is 4.60. The smallest absolute Gasteiger partial charge is 0.348 e. The molecule has 4 rings (SSSR count). The maximum absolute atomic E-state index is 12.1. The molecule has 8 nitrogen and oxygen atoms in total. The van der Waals surface area contributed by atoms with Gasteiger partial charge in [-0.05, 0) is 68.0 Å². The number of nitro groups is 1. The van der Waals surface area contributed by atoms with Crippen LogP contribution in [0.4, 0.5) is 23.0 Å². The number of piperidine rings is 1. The number of benzene rings is 2. The summed E-state index contributed by atoms with van der Waals surface area (Å²) in [4.78, 5) is 22.1. The van der Waals surface area contributed by atoms with E-state index < -0.39 is 10.8 Å². The third-order valence-electron chi connectivity index (χ3n) is 6.30. The van der Waals surface area contributed by atoms with Gasteiger partial charge >= 0.3 is 5.69 Å². The highest BCUT2D eigenvalue weighted by atomic mass is 35.5. The first kappa shape index (κ1) is 24.7. The molecule has 2 heterocycles. The van der Waals surface area contributed by atoms with E-state index in [1.807, 2.05) is 24.8 Å². The van der Waals surface area contributed by atoms with Crippen molar-refractivity contribution in [3.8, 4) is 6.07 Å². The van der Waals surface area contributed by atoms with Gasteiger partial charge in [-0.2, -0.15) is 5.26 Å². The SMILES string of the molecule is Cc1cc(C(C#N)c2ccc(Cl)cc2)c(Cl)cc1Nc1ncnc(N2CCCCC2C)c1[N+](=O)[O-]. The highest BCUT2D eigenvalue weighted by Gasteiger charge is 2.31. The Morgan fingerprint density at radius 3 is 2.63 bits per heavy atom. The zero-order valence-electron chi connectivity index (χ0n) is 19.3.